The van der Waals surface area contributed by atoms with E-state index in [9.17, 15) is 8.42 Å². The Bertz CT molecular complexity index is 956. The van der Waals surface area contributed by atoms with Crippen molar-refractivity contribution < 1.29 is 8.42 Å². The number of nitrogens with zero attached hydrogens (tertiary/aromatic N) is 5. The van der Waals surface area contributed by atoms with Crippen molar-refractivity contribution in [3.8, 4) is 11.3 Å². The molecule has 0 spiro atoms. The van der Waals surface area contributed by atoms with Gasteiger partial charge in [0.2, 0.25) is 0 Å². The number of aromatic nitrogens is 5. The third-order valence-electron chi connectivity index (χ3n) is 3.93. The summed E-state index contributed by atoms with van der Waals surface area (Å²) in [6.45, 7) is 4.36. The summed E-state index contributed by atoms with van der Waals surface area (Å²) in [6, 6.07) is 5.74. The molecule has 3 aromatic heterocycles. The molecule has 0 saturated heterocycles. The van der Waals surface area contributed by atoms with Crippen LogP contribution in [0.25, 0.3) is 11.3 Å². The molecule has 0 aliphatic rings. The molecule has 0 saturated carbocycles. The lowest BCUT2D eigenvalue weighted by Crippen LogP contribution is -2.28. The van der Waals surface area contributed by atoms with Crippen LogP contribution in [0, 0.1) is 13.8 Å². The lowest BCUT2D eigenvalue weighted by atomic mass is 10.2. The van der Waals surface area contributed by atoms with E-state index in [-0.39, 0.29) is 11.6 Å². The molecule has 1 N–H and O–H groups in total. The van der Waals surface area contributed by atoms with Crippen molar-refractivity contribution in [3.63, 3.8) is 0 Å². The van der Waals surface area contributed by atoms with Gasteiger partial charge in [0.05, 0.1) is 12.2 Å². The van der Waals surface area contributed by atoms with E-state index in [1.165, 1.54) is 6.20 Å². The zero-order valence-electron chi connectivity index (χ0n) is 14.3. The topological polar surface area (TPSA) is 94.7 Å². The maximum atomic E-state index is 12.3. The normalized spacial score (nSPS) is 11.8. The van der Waals surface area contributed by atoms with Crippen LogP contribution in [0.2, 0.25) is 0 Å². The number of hydrogen-bond acceptors (Lipinski definition) is 5. The van der Waals surface area contributed by atoms with Crippen LogP contribution < -0.4 is 4.72 Å². The number of imidazole rings is 1. The van der Waals surface area contributed by atoms with Gasteiger partial charge in [0, 0.05) is 43.4 Å². The first-order chi connectivity index (χ1) is 11.9. The second-order valence-corrected chi connectivity index (χ2v) is 7.48. The minimum atomic E-state index is -3.62. The Morgan fingerprint density at radius 2 is 1.92 bits per heavy atom. The van der Waals surface area contributed by atoms with Crippen LogP contribution in [-0.2, 0) is 23.6 Å². The van der Waals surface area contributed by atoms with Crippen LogP contribution in [0.4, 0.5) is 0 Å². The van der Waals surface area contributed by atoms with E-state index < -0.39 is 10.0 Å². The van der Waals surface area contributed by atoms with E-state index in [1.807, 2.05) is 25.1 Å². The Kier molecular flexibility index (Phi) is 4.69. The first kappa shape index (κ1) is 17.3. The highest BCUT2D eigenvalue weighted by molar-refractivity contribution is 7.89. The van der Waals surface area contributed by atoms with Gasteiger partial charge in [-0.05, 0) is 32.0 Å². The molecule has 25 heavy (non-hydrogen) atoms. The summed E-state index contributed by atoms with van der Waals surface area (Å²) >= 11 is 0. The van der Waals surface area contributed by atoms with Gasteiger partial charge in [-0.1, -0.05) is 0 Å². The Labute approximate surface area is 146 Å². The summed E-state index contributed by atoms with van der Waals surface area (Å²) in [7, 11) is -1.86. The van der Waals surface area contributed by atoms with Gasteiger partial charge in [0.1, 0.15) is 5.82 Å². The van der Waals surface area contributed by atoms with E-state index >= 15 is 0 Å². The molecule has 0 bridgehead atoms. The lowest BCUT2D eigenvalue weighted by molar-refractivity contribution is 0.554. The van der Waals surface area contributed by atoms with Gasteiger partial charge < -0.3 is 4.57 Å². The van der Waals surface area contributed by atoms with Gasteiger partial charge in [0.15, 0.2) is 5.03 Å². The predicted molar refractivity (Wildman–Crippen MR) is 93.3 cm³/mol. The van der Waals surface area contributed by atoms with E-state index in [1.54, 1.807) is 35.6 Å². The zero-order chi connectivity index (χ0) is 18.0. The Morgan fingerprint density at radius 1 is 1.20 bits per heavy atom. The van der Waals surface area contributed by atoms with Crippen LogP contribution in [0.5, 0.6) is 0 Å². The average molecular weight is 360 g/mol. The van der Waals surface area contributed by atoms with Gasteiger partial charge in [-0.15, -0.1) is 0 Å². The van der Waals surface area contributed by atoms with Crippen LogP contribution >= 0.6 is 0 Å². The molecular weight excluding hydrogens is 340 g/mol. The number of hydrogen-bond donors (Lipinski definition) is 1. The maximum absolute atomic E-state index is 12.3. The van der Waals surface area contributed by atoms with E-state index in [2.05, 4.69) is 19.8 Å². The highest BCUT2D eigenvalue weighted by Crippen LogP contribution is 2.17. The second-order valence-electron chi connectivity index (χ2n) is 5.77. The number of rotatable bonds is 6. The first-order valence-corrected chi connectivity index (χ1v) is 9.29. The standard InChI is InChI=1S/C16H20N6O2S/c1-12-10-15(14-4-6-17-7-5-14)20-22(12)9-8-18-25(23,24)16-11-21(3)13(2)19-16/h4-7,10-11,18H,8-9H2,1-3H3. The molecule has 3 rings (SSSR count). The minimum absolute atomic E-state index is 0.0298. The van der Waals surface area contributed by atoms with E-state index in [4.69, 9.17) is 0 Å². The van der Waals surface area contributed by atoms with Gasteiger partial charge in [-0.3, -0.25) is 9.67 Å². The monoisotopic (exact) mass is 360 g/mol. The van der Waals surface area contributed by atoms with Crippen molar-refractivity contribution in [2.45, 2.75) is 25.4 Å². The summed E-state index contributed by atoms with van der Waals surface area (Å²) in [6.07, 6.45) is 4.93. The third-order valence-corrected chi connectivity index (χ3v) is 5.27. The lowest BCUT2D eigenvalue weighted by Gasteiger charge is -2.06. The number of aryl methyl sites for hydroxylation is 3. The number of pyridine rings is 1. The zero-order valence-corrected chi connectivity index (χ0v) is 15.2. The molecule has 0 fully saturated rings. The fraction of sp³-hybridized carbons (Fsp3) is 0.312. The van der Waals surface area contributed by atoms with Crippen molar-refractivity contribution in [1.82, 2.24) is 29.0 Å². The fourth-order valence-electron chi connectivity index (χ4n) is 2.42. The molecule has 0 radical (unpaired) electrons. The quantitative estimate of drug-likeness (QED) is 0.714. The third kappa shape index (κ3) is 3.77. The van der Waals surface area contributed by atoms with E-state index in [0.717, 1.165) is 17.0 Å². The molecular formula is C16H20N6O2S. The van der Waals surface area contributed by atoms with Crippen LogP contribution in [0.1, 0.15) is 11.5 Å². The van der Waals surface area contributed by atoms with Crippen molar-refractivity contribution >= 4 is 10.0 Å². The fourth-order valence-corrected chi connectivity index (χ4v) is 3.47. The van der Waals surface area contributed by atoms with Crippen LogP contribution in [-0.4, -0.2) is 39.3 Å². The Balaban J connectivity index is 1.67. The summed E-state index contributed by atoms with van der Waals surface area (Å²) in [5.74, 6) is 0.644. The molecule has 0 amide bonds. The average Bonchev–Trinajstić information content (AvgIpc) is 3.12. The molecule has 8 nitrogen and oxygen atoms in total. The second kappa shape index (κ2) is 6.77. The molecule has 9 heteroatoms. The van der Waals surface area contributed by atoms with Crippen molar-refractivity contribution in [1.29, 1.82) is 0 Å². The van der Waals surface area contributed by atoms with Crippen LogP contribution in [0.3, 0.4) is 0 Å². The van der Waals surface area contributed by atoms with E-state index in [0.29, 0.717) is 12.4 Å². The van der Waals surface area contributed by atoms with Gasteiger partial charge in [-0.2, -0.15) is 5.10 Å². The molecule has 3 heterocycles. The maximum Gasteiger partial charge on any atom is 0.259 e. The van der Waals surface area contributed by atoms with Crippen molar-refractivity contribution in [3.05, 3.63) is 48.3 Å². The number of sulfonamides is 1. The molecule has 0 aliphatic heterocycles. The Hall–Kier alpha value is -2.52. The smallest absolute Gasteiger partial charge is 0.259 e. The van der Waals surface area contributed by atoms with Crippen molar-refractivity contribution in [2.24, 2.45) is 7.05 Å². The first-order valence-electron chi connectivity index (χ1n) is 7.81. The molecule has 132 valence electrons. The summed E-state index contributed by atoms with van der Waals surface area (Å²) in [4.78, 5) is 8.05. The van der Waals surface area contributed by atoms with Crippen molar-refractivity contribution in [2.75, 3.05) is 6.54 Å². The summed E-state index contributed by atoms with van der Waals surface area (Å²) < 4.78 is 30.6. The molecule has 0 aliphatic carbocycles. The highest BCUT2D eigenvalue weighted by atomic mass is 32.2. The van der Waals surface area contributed by atoms with Gasteiger partial charge in [0.25, 0.3) is 10.0 Å². The predicted octanol–water partition coefficient (Wildman–Crippen LogP) is 1.27. The largest absolute Gasteiger partial charge is 0.337 e. The molecule has 3 aromatic rings. The molecule has 0 aromatic carbocycles. The SMILES string of the molecule is Cc1nc(S(=O)(=O)NCCn2nc(-c3ccncc3)cc2C)cn1C. The van der Waals surface area contributed by atoms with Gasteiger partial charge in [-0.25, -0.2) is 18.1 Å². The summed E-state index contributed by atoms with van der Waals surface area (Å²) in [5.41, 5.74) is 2.77. The molecule has 0 unspecified atom stereocenters. The Morgan fingerprint density at radius 3 is 2.56 bits per heavy atom. The number of nitrogens with one attached hydrogen (secondary N) is 1. The van der Waals surface area contributed by atoms with Crippen LogP contribution in [0.15, 0.2) is 41.8 Å². The minimum Gasteiger partial charge on any atom is -0.337 e. The molecule has 0 atom stereocenters. The highest BCUT2D eigenvalue weighted by Gasteiger charge is 2.18. The van der Waals surface area contributed by atoms with Gasteiger partial charge >= 0.3 is 0 Å². The summed E-state index contributed by atoms with van der Waals surface area (Å²) in [5, 5.41) is 4.55.